The Morgan fingerprint density at radius 1 is 1.16 bits per heavy atom. The van der Waals surface area contributed by atoms with Gasteiger partial charge in [-0.1, -0.05) is 0 Å². The number of nitrogens with one attached hydrogen (secondary N) is 2. The van der Waals surface area contributed by atoms with E-state index in [-0.39, 0.29) is 32.1 Å². The second-order valence-corrected chi connectivity index (χ2v) is 7.20. The first-order valence-corrected chi connectivity index (χ1v) is 10.0. The number of nitrogens with zero attached hydrogens (tertiary/aromatic N) is 5. The van der Waals surface area contributed by atoms with Crippen LogP contribution in [0.25, 0.3) is 0 Å². The monoisotopic (exact) mass is 455 g/mol. The number of aromatic amines is 1. The zero-order valence-electron chi connectivity index (χ0n) is 17.5. The molecule has 0 aliphatic carbocycles. The molecule has 2 N–H and O–H groups in total. The number of ether oxygens (including phenoxy) is 1. The Morgan fingerprint density at radius 3 is 2.50 bits per heavy atom. The van der Waals surface area contributed by atoms with Crippen molar-refractivity contribution in [2.45, 2.75) is 19.5 Å². The normalized spacial score (nSPS) is 14.5. The van der Waals surface area contributed by atoms with Crippen LogP contribution >= 0.6 is 0 Å². The van der Waals surface area contributed by atoms with Crippen LogP contribution in [0.15, 0.2) is 23.4 Å². The number of H-pyrrole nitrogens is 1. The lowest BCUT2D eigenvalue weighted by Crippen LogP contribution is -2.49. The molecule has 1 amide bonds. The van der Waals surface area contributed by atoms with Crippen LogP contribution in [-0.2, 0) is 15.7 Å². The van der Waals surface area contributed by atoms with E-state index in [1.54, 1.807) is 22.4 Å². The lowest BCUT2D eigenvalue weighted by Gasteiger charge is -2.34. The van der Waals surface area contributed by atoms with Crippen molar-refractivity contribution < 1.29 is 22.7 Å². The standard InChI is InChI=1S/C19H24F3N7O3/c1-13-10-24-18(25-11-13)29-6-4-28(5-7-29)15(30)2-8-32-9-3-23-14-12-26-27-17(31)16(14)19(20,21)22/h10-12H,2-9H2,1H3,(H2,23,27,31). The molecule has 1 saturated heterocycles. The minimum atomic E-state index is -4.80. The molecule has 0 spiro atoms. The van der Waals surface area contributed by atoms with Gasteiger partial charge in [-0.15, -0.1) is 0 Å². The molecule has 2 aromatic heterocycles. The van der Waals surface area contributed by atoms with Gasteiger partial charge >= 0.3 is 6.18 Å². The summed E-state index contributed by atoms with van der Waals surface area (Å²) in [6, 6.07) is 0. The lowest BCUT2D eigenvalue weighted by atomic mass is 10.2. The van der Waals surface area contributed by atoms with E-state index in [0.717, 1.165) is 11.8 Å². The maximum atomic E-state index is 13.0. The Bertz CT molecular complexity index is 958. The molecule has 1 aliphatic rings. The fraction of sp³-hybridized carbons (Fsp3) is 0.526. The Hall–Kier alpha value is -3.22. The summed E-state index contributed by atoms with van der Waals surface area (Å²) in [7, 11) is 0. The van der Waals surface area contributed by atoms with Crippen LogP contribution in [-0.4, -0.2) is 76.9 Å². The molecule has 1 aliphatic heterocycles. The molecule has 0 bridgehead atoms. The highest BCUT2D eigenvalue weighted by molar-refractivity contribution is 5.76. The number of anilines is 2. The van der Waals surface area contributed by atoms with Crippen LogP contribution in [0.2, 0.25) is 0 Å². The van der Waals surface area contributed by atoms with Gasteiger partial charge in [0.05, 0.1) is 31.5 Å². The zero-order valence-corrected chi connectivity index (χ0v) is 17.5. The summed E-state index contributed by atoms with van der Waals surface area (Å²) in [5.41, 5.74) is -2.09. The molecule has 32 heavy (non-hydrogen) atoms. The van der Waals surface area contributed by atoms with Crippen LogP contribution < -0.4 is 15.8 Å². The van der Waals surface area contributed by atoms with Gasteiger partial charge in [0.1, 0.15) is 5.56 Å². The quantitative estimate of drug-likeness (QED) is 0.568. The summed E-state index contributed by atoms with van der Waals surface area (Å²) >= 11 is 0. The lowest BCUT2D eigenvalue weighted by molar-refractivity contribution is -0.138. The van der Waals surface area contributed by atoms with Crippen LogP contribution in [0.1, 0.15) is 17.5 Å². The van der Waals surface area contributed by atoms with Gasteiger partial charge in [-0.3, -0.25) is 9.59 Å². The van der Waals surface area contributed by atoms with Crippen molar-refractivity contribution in [2.24, 2.45) is 0 Å². The number of carbonyl (C=O) groups excluding carboxylic acids is 1. The number of rotatable bonds is 8. The minimum absolute atomic E-state index is 0.0254. The SMILES string of the molecule is Cc1cnc(N2CCN(C(=O)CCOCCNc3cn[nH]c(=O)c3C(F)(F)F)CC2)nc1. The summed E-state index contributed by atoms with van der Waals surface area (Å²) < 4.78 is 44.3. The first kappa shape index (κ1) is 23.4. The van der Waals surface area contributed by atoms with Crippen molar-refractivity contribution in [1.29, 1.82) is 0 Å². The highest BCUT2D eigenvalue weighted by Crippen LogP contribution is 2.31. The predicted molar refractivity (Wildman–Crippen MR) is 109 cm³/mol. The molecular formula is C19H24F3N7O3. The van der Waals surface area contributed by atoms with Crippen LogP contribution in [0.4, 0.5) is 24.8 Å². The molecule has 1 fully saturated rings. The molecular weight excluding hydrogens is 431 g/mol. The summed E-state index contributed by atoms with van der Waals surface area (Å²) in [5, 5.41) is 7.64. The molecule has 0 saturated carbocycles. The third-order valence-corrected chi connectivity index (χ3v) is 4.84. The van der Waals surface area contributed by atoms with Crippen molar-refractivity contribution in [3.05, 3.63) is 40.1 Å². The van der Waals surface area contributed by atoms with Crippen LogP contribution in [0, 0.1) is 6.92 Å². The summed E-state index contributed by atoms with van der Waals surface area (Å²) in [4.78, 5) is 36.1. The average molecular weight is 455 g/mol. The first-order valence-electron chi connectivity index (χ1n) is 10.0. The van der Waals surface area contributed by atoms with E-state index in [4.69, 9.17) is 4.74 Å². The molecule has 10 nitrogen and oxygen atoms in total. The minimum Gasteiger partial charge on any atom is -0.381 e. The highest BCUT2D eigenvalue weighted by Gasteiger charge is 2.37. The fourth-order valence-corrected chi connectivity index (χ4v) is 3.20. The number of hydrogen-bond acceptors (Lipinski definition) is 8. The number of piperazine rings is 1. The third-order valence-electron chi connectivity index (χ3n) is 4.84. The van der Waals surface area contributed by atoms with Gasteiger partial charge in [0.15, 0.2) is 0 Å². The van der Waals surface area contributed by atoms with E-state index in [0.29, 0.717) is 32.1 Å². The number of aryl methyl sites for hydroxylation is 1. The summed E-state index contributed by atoms with van der Waals surface area (Å²) in [6.45, 7) is 4.50. The Balaban J connectivity index is 1.35. The molecule has 174 valence electrons. The largest absolute Gasteiger partial charge is 0.423 e. The number of hydrogen-bond donors (Lipinski definition) is 2. The number of carbonyl (C=O) groups is 1. The summed E-state index contributed by atoms with van der Waals surface area (Å²) in [5.74, 6) is 0.586. The molecule has 3 heterocycles. The maximum Gasteiger partial charge on any atom is 0.423 e. The Morgan fingerprint density at radius 2 is 1.84 bits per heavy atom. The van der Waals surface area contributed by atoms with Gasteiger partial charge in [-0.25, -0.2) is 15.1 Å². The average Bonchev–Trinajstić information content (AvgIpc) is 2.76. The Kier molecular flexibility index (Phi) is 7.62. The number of amides is 1. The van der Waals surface area contributed by atoms with E-state index in [1.807, 2.05) is 11.8 Å². The van der Waals surface area contributed by atoms with Gasteiger partial charge in [0.2, 0.25) is 11.9 Å². The highest BCUT2D eigenvalue weighted by atomic mass is 19.4. The van der Waals surface area contributed by atoms with E-state index in [1.165, 1.54) is 0 Å². The van der Waals surface area contributed by atoms with E-state index < -0.39 is 23.0 Å². The smallest absolute Gasteiger partial charge is 0.381 e. The molecule has 0 atom stereocenters. The van der Waals surface area contributed by atoms with Crippen LogP contribution in [0.3, 0.4) is 0 Å². The molecule has 0 radical (unpaired) electrons. The second-order valence-electron chi connectivity index (χ2n) is 7.20. The van der Waals surface area contributed by atoms with Gasteiger partial charge in [-0.05, 0) is 12.5 Å². The van der Waals surface area contributed by atoms with Crippen molar-refractivity contribution >= 4 is 17.5 Å². The topological polar surface area (TPSA) is 116 Å². The molecule has 2 aromatic rings. The van der Waals surface area contributed by atoms with Crippen molar-refractivity contribution in [1.82, 2.24) is 25.1 Å². The third kappa shape index (κ3) is 6.15. The van der Waals surface area contributed by atoms with Gasteiger partial charge in [-0.2, -0.15) is 18.3 Å². The fourth-order valence-electron chi connectivity index (χ4n) is 3.20. The number of aromatic nitrogens is 4. The second kappa shape index (κ2) is 10.4. The predicted octanol–water partition coefficient (Wildman–Crippen LogP) is 1.05. The first-order chi connectivity index (χ1) is 15.3. The van der Waals surface area contributed by atoms with Gasteiger partial charge in [0.25, 0.3) is 5.56 Å². The summed E-state index contributed by atoms with van der Waals surface area (Å²) in [6.07, 6.45) is -0.233. The molecule has 0 aromatic carbocycles. The van der Waals surface area contributed by atoms with E-state index in [9.17, 15) is 22.8 Å². The van der Waals surface area contributed by atoms with Crippen molar-refractivity contribution in [3.8, 4) is 0 Å². The van der Waals surface area contributed by atoms with Crippen molar-refractivity contribution in [2.75, 3.05) is 56.2 Å². The van der Waals surface area contributed by atoms with Gasteiger partial charge in [0, 0.05) is 45.1 Å². The van der Waals surface area contributed by atoms with E-state index >= 15 is 0 Å². The number of alkyl halides is 3. The molecule has 13 heteroatoms. The van der Waals surface area contributed by atoms with Crippen LogP contribution in [0.5, 0.6) is 0 Å². The van der Waals surface area contributed by atoms with Gasteiger partial charge < -0.3 is 19.9 Å². The molecule has 3 rings (SSSR count). The van der Waals surface area contributed by atoms with E-state index in [2.05, 4.69) is 20.4 Å². The Labute approximate surface area is 181 Å². The zero-order chi connectivity index (χ0) is 23.1. The maximum absolute atomic E-state index is 13.0. The van der Waals surface area contributed by atoms with Crippen molar-refractivity contribution in [3.63, 3.8) is 0 Å². The molecule has 0 unspecified atom stereocenters. The number of halogens is 3.